The highest BCUT2D eigenvalue weighted by atomic mass is 32.2. The number of carbonyl (C=O) groups excluding carboxylic acids is 1. The molecule has 3 aromatic carbocycles. The number of hydrogen-bond acceptors (Lipinski definition) is 6. The third-order valence-corrected chi connectivity index (χ3v) is 8.05. The second kappa shape index (κ2) is 11.5. The van der Waals surface area contributed by atoms with E-state index in [1.54, 1.807) is 11.0 Å². The van der Waals surface area contributed by atoms with E-state index in [2.05, 4.69) is 17.0 Å². The van der Waals surface area contributed by atoms with Gasteiger partial charge in [0.1, 0.15) is 0 Å². The summed E-state index contributed by atoms with van der Waals surface area (Å²) in [6.45, 7) is 2.27. The summed E-state index contributed by atoms with van der Waals surface area (Å²) in [6, 6.07) is 23.8. The first-order valence-corrected chi connectivity index (χ1v) is 13.2. The summed E-state index contributed by atoms with van der Waals surface area (Å²) in [4.78, 5) is 17.3. The number of rotatable bonds is 9. The van der Waals surface area contributed by atoms with E-state index in [4.69, 9.17) is 9.47 Å². The largest absolute Gasteiger partial charge is 0.493 e. The highest BCUT2D eigenvalue weighted by Crippen LogP contribution is 2.31. The van der Waals surface area contributed by atoms with Crippen LogP contribution in [0.2, 0.25) is 0 Å². The van der Waals surface area contributed by atoms with Crippen molar-refractivity contribution in [3.63, 3.8) is 0 Å². The number of nitrogens with zero attached hydrogens (tertiary/aromatic N) is 3. The quantitative estimate of drug-likeness (QED) is 0.441. The van der Waals surface area contributed by atoms with E-state index in [0.717, 1.165) is 11.3 Å². The van der Waals surface area contributed by atoms with E-state index in [1.165, 1.54) is 30.7 Å². The van der Waals surface area contributed by atoms with Crippen LogP contribution in [0, 0.1) is 0 Å². The fraction of sp³-hybridized carbons (Fsp3) is 0.296. The fourth-order valence-electron chi connectivity index (χ4n) is 4.24. The maximum Gasteiger partial charge on any atom is 0.243 e. The van der Waals surface area contributed by atoms with Gasteiger partial charge in [0.05, 0.1) is 25.7 Å². The number of benzene rings is 3. The number of carbonyl (C=O) groups is 1. The number of methoxy groups -OCH3 is 2. The summed E-state index contributed by atoms with van der Waals surface area (Å²) in [7, 11) is -1.06. The Balaban J connectivity index is 1.53. The number of sulfonamides is 1. The molecule has 0 bridgehead atoms. The molecule has 0 unspecified atom stereocenters. The van der Waals surface area contributed by atoms with E-state index in [1.807, 2.05) is 48.5 Å². The number of amides is 1. The minimum atomic E-state index is -4.00. The average Bonchev–Trinajstić information content (AvgIpc) is 2.93. The van der Waals surface area contributed by atoms with Crippen molar-refractivity contribution in [3.05, 3.63) is 84.4 Å². The van der Waals surface area contributed by atoms with E-state index in [9.17, 15) is 13.2 Å². The minimum Gasteiger partial charge on any atom is -0.493 e. The molecule has 4 rings (SSSR count). The van der Waals surface area contributed by atoms with Gasteiger partial charge >= 0.3 is 0 Å². The molecule has 9 heteroatoms. The van der Waals surface area contributed by atoms with E-state index < -0.39 is 10.0 Å². The van der Waals surface area contributed by atoms with Crippen molar-refractivity contribution in [3.8, 4) is 11.5 Å². The topological polar surface area (TPSA) is 79.4 Å². The Kier molecular flexibility index (Phi) is 8.12. The smallest absolute Gasteiger partial charge is 0.243 e. The van der Waals surface area contributed by atoms with E-state index >= 15 is 0 Å². The molecule has 0 radical (unpaired) electrons. The lowest BCUT2D eigenvalue weighted by molar-refractivity contribution is -0.131. The monoisotopic (exact) mass is 509 g/mol. The number of hydrogen-bond donors (Lipinski definition) is 0. The Hall–Kier alpha value is -3.56. The summed E-state index contributed by atoms with van der Waals surface area (Å²) >= 11 is 0. The molecule has 8 nitrogen and oxygen atoms in total. The minimum absolute atomic E-state index is 0.0396. The molecule has 1 aliphatic rings. The number of para-hydroxylation sites is 1. The predicted octanol–water partition coefficient (Wildman–Crippen LogP) is 3.24. The molecular formula is C27H31N3O5S. The van der Waals surface area contributed by atoms with Gasteiger partial charge in [0.25, 0.3) is 0 Å². The van der Waals surface area contributed by atoms with Crippen LogP contribution in [0.25, 0.3) is 0 Å². The number of piperazine rings is 1. The first-order valence-electron chi connectivity index (χ1n) is 11.8. The third kappa shape index (κ3) is 5.80. The fourth-order valence-corrected chi connectivity index (χ4v) is 5.64. The van der Waals surface area contributed by atoms with Crippen LogP contribution < -0.4 is 14.4 Å². The normalized spacial score (nSPS) is 14.1. The lowest BCUT2D eigenvalue weighted by atomic mass is 10.2. The van der Waals surface area contributed by atoms with Gasteiger partial charge in [-0.05, 0) is 29.8 Å². The van der Waals surface area contributed by atoms with Crippen LogP contribution in [-0.2, 0) is 21.4 Å². The average molecular weight is 510 g/mol. The van der Waals surface area contributed by atoms with Crippen molar-refractivity contribution in [2.75, 3.05) is 51.8 Å². The molecule has 3 aromatic rings. The Bertz CT molecular complexity index is 1260. The van der Waals surface area contributed by atoms with Crippen LogP contribution in [0.1, 0.15) is 5.56 Å². The molecule has 1 heterocycles. The molecule has 0 N–H and O–H groups in total. The number of anilines is 1. The predicted molar refractivity (Wildman–Crippen MR) is 139 cm³/mol. The summed E-state index contributed by atoms with van der Waals surface area (Å²) < 4.78 is 39.2. The van der Waals surface area contributed by atoms with Gasteiger partial charge in [0.2, 0.25) is 15.9 Å². The molecule has 0 spiro atoms. The van der Waals surface area contributed by atoms with Crippen molar-refractivity contribution in [2.24, 2.45) is 0 Å². The van der Waals surface area contributed by atoms with Crippen molar-refractivity contribution < 1.29 is 22.7 Å². The van der Waals surface area contributed by atoms with Gasteiger partial charge < -0.3 is 19.3 Å². The molecule has 0 atom stereocenters. The third-order valence-electron chi connectivity index (χ3n) is 6.26. The van der Waals surface area contributed by atoms with Crippen LogP contribution in [0.3, 0.4) is 0 Å². The van der Waals surface area contributed by atoms with Crippen molar-refractivity contribution in [1.29, 1.82) is 0 Å². The summed E-state index contributed by atoms with van der Waals surface area (Å²) in [6.07, 6.45) is 0. The molecule has 0 saturated carbocycles. The van der Waals surface area contributed by atoms with Crippen molar-refractivity contribution in [1.82, 2.24) is 9.21 Å². The van der Waals surface area contributed by atoms with Crippen molar-refractivity contribution in [2.45, 2.75) is 11.4 Å². The molecule has 1 fully saturated rings. The van der Waals surface area contributed by atoms with Gasteiger partial charge in [0.15, 0.2) is 11.5 Å². The molecule has 1 amide bonds. The second-order valence-corrected chi connectivity index (χ2v) is 10.4. The van der Waals surface area contributed by atoms with E-state index in [-0.39, 0.29) is 23.9 Å². The SMILES string of the molecule is COc1ccc(S(=O)(=O)N(CC(=O)N2CCN(c3ccccc3)CC2)Cc2ccccc2)cc1OC. The summed E-state index contributed by atoms with van der Waals surface area (Å²) in [5.74, 6) is 0.516. The van der Waals surface area contributed by atoms with Crippen LogP contribution in [-0.4, -0.2) is 70.5 Å². The maximum atomic E-state index is 13.7. The number of ether oxygens (including phenoxy) is 2. The standard InChI is InChI=1S/C27H31N3O5S/c1-34-25-14-13-24(19-26(25)35-2)36(32,33)30(20-22-9-5-3-6-10-22)21-27(31)29-17-15-28(16-18-29)23-11-7-4-8-12-23/h3-14,19H,15-18,20-21H2,1-2H3. The zero-order valence-corrected chi connectivity index (χ0v) is 21.4. The zero-order chi connectivity index (χ0) is 25.5. The lowest BCUT2D eigenvalue weighted by Gasteiger charge is -2.37. The zero-order valence-electron chi connectivity index (χ0n) is 20.5. The highest BCUT2D eigenvalue weighted by molar-refractivity contribution is 7.89. The van der Waals surface area contributed by atoms with Gasteiger partial charge in [0, 0.05) is 44.5 Å². The van der Waals surface area contributed by atoms with Gasteiger partial charge in [-0.1, -0.05) is 48.5 Å². The van der Waals surface area contributed by atoms with Gasteiger partial charge in [-0.15, -0.1) is 0 Å². The lowest BCUT2D eigenvalue weighted by Crippen LogP contribution is -2.51. The van der Waals surface area contributed by atoms with Gasteiger partial charge in [-0.2, -0.15) is 4.31 Å². The van der Waals surface area contributed by atoms with Crippen LogP contribution in [0.4, 0.5) is 5.69 Å². The Morgan fingerprint density at radius 1 is 0.833 bits per heavy atom. The molecule has 1 aliphatic heterocycles. The molecule has 0 aromatic heterocycles. The summed E-state index contributed by atoms with van der Waals surface area (Å²) in [5, 5.41) is 0. The van der Waals surface area contributed by atoms with Gasteiger partial charge in [-0.3, -0.25) is 4.79 Å². The Morgan fingerprint density at radius 3 is 2.06 bits per heavy atom. The molecule has 0 aliphatic carbocycles. The maximum absolute atomic E-state index is 13.7. The molecular weight excluding hydrogens is 478 g/mol. The van der Waals surface area contributed by atoms with Gasteiger partial charge in [-0.25, -0.2) is 8.42 Å². The first-order chi connectivity index (χ1) is 17.4. The molecule has 36 heavy (non-hydrogen) atoms. The molecule has 1 saturated heterocycles. The Labute approximate surface area is 212 Å². The second-order valence-electron chi connectivity index (χ2n) is 8.48. The van der Waals surface area contributed by atoms with Crippen LogP contribution >= 0.6 is 0 Å². The van der Waals surface area contributed by atoms with E-state index in [0.29, 0.717) is 37.7 Å². The summed E-state index contributed by atoms with van der Waals surface area (Å²) in [5.41, 5.74) is 1.91. The first kappa shape index (κ1) is 25.5. The van der Waals surface area contributed by atoms with Crippen LogP contribution in [0.15, 0.2) is 83.8 Å². The molecule has 190 valence electrons. The van der Waals surface area contributed by atoms with Crippen LogP contribution in [0.5, 0.6) is 11.5 Å². The Morgan fingerprint density at radius 2 is 1.44 bits per heavy atom. The highest BCUT2D eigenvalue weighted by Gasteiger charge is 2.31. The van der Waals surface area contributed by atoms with Crippen molar-refractivity contribution >= 4 is 21.6 Å².